The number of carbonyl (C=O) groups is 1. The monoisotopic (exact) mass is 176 g/mol. The Morgan fingerprint density at radius 3 is 2.50 bits per heavy atom. The minimum Gasteiger partial charge on any atom is -0.454 e. The Balaban J connectivity index is 2.25. The van der Waals surface area contributed by atoms with Crippen molar-refractivity contribution in [3.63, 3.8) is 0 Å². The fourth-order valence-corrected chi connectivity index (χ4v) is 1.38. The van der Waals surface area contributed by atoms with E-state index in [9.17, 15) is 9.90 Å². The molecular weight excluding hydrogens is 168 g/mol. The van der Waals surface area contributed by atoms with Crippen LogP contribution < -0.4 is 0 Å². The molecular formula is C6H8O6. The highest BCUT2D eigenvalue weighted by Gasteiger charge is 2.55. The van der Waals surface area contributed by atoms with Gasteiger partial charge in [0.1, 0.15) is 12.2 Å². The summed E-state index contributed by atoms with van der Waals surface area (Å²) in [5.74, 6) is -0.747. The summed E-state index contributed by atoms with van der Waals surface area (Å²) in [4.78, 5) is 10.8. The number of ether oxygens (including phenoxy) is 2. The summed E-state index contributed by atoms with van der Waals surface area (Å²) in [6, 6.07) is 0. The van der Waals surface area contributed by atoms with Crippen LogP contribution in [-0.2, 0) is 14.3 Å². The van der Waals surface area contributed by atoms with Crippen molar-refractivity contribution in [3.05, 3.63) is 0 Å². The van der Waals surface area contributed by atoms with Crippen molar-refractivity contribution >= 4 is 5.97 Å². The molecule has 0 amide bonds. The molecule has 0 aromatic carbocycles. The van der Waals surface area contributed by atoms with Crippen molar-refractivity contribution in [2.75, 3.05) is 0 Å². The maximum atomic E-state index is 10.8. The van der Waals surface area contributed by atoms with Crippen LogP contribution in [0.15, 0.2) is 0 Å². The third-order valence-corrected chi connectivity index (χ3v) is 2.05. The molecule has 2 saturated heterocycles. The van der Waals surface area contributed by atoms with E-state index in [2.05, 4.69) is 9.47 Å². The SMILES string of the molecule is O=C1O[C@H]2[C@@H](O)[C@@H]1OC(O)[C@@H]2O. The Bertz CT molecular complexity index is 216. The van der Waals surface area contributed by atoms with Gasteiger partial charge in [-0.3, -0.25) is 0 Å². The highest BCUT2D eigenvalue weighted by molar-refractivity contribution is 5.78. The first kappa shape index (κ1) is 7.93. The van der Waals surface area contributed by atoms with Crippen molar-refractivity contribution in [2.45, 2.75) is 30.7 Å². The van der Waals surface area contributed by atoms with E-state index in [0.717, 1.165) is 0 Å². The van der Waals surface area contributed by atoms with Gasteiger partial charge in [0.15, 0.2) is 18.5 Å². The topological polar surface area (TPSA) is 96.2 Å². The predicted octanol–water partition coefficient (Wildman–Crippen LogP) is -2.65. The number of rotatable bonds is 0. The van der Waals surface area contributed by atoms with Gasteiger partial charge in [-0.25, -0.2) is 4.79 Å². The summed E-state index contributed by atoms with van der Waals surface area (Å²) >= 11 is 0. The molecule has 2 aliphatic heterocycles. The number of hydrogen-bond donors (Lipinski definition) is 3. The lowest BCUT2D eigenvalue weighted by Crippen LogP contribution is -2.53. The number of hydrogen-bond acceptors (Lipinski definition) is 6. The number of aliphatic hydroxyl groups excluding tert-OH is 3. The minimum atomic E-state index is -1.46. The van der Waals surface area contributed by atoms with Gasteiger partial charge in [0.2, 0.25) is 0 Å². The fourth-order valence-electron chi connectivity index (χ4n) is 1.38. The first-order valence-electron chi connectivity index (χ1n) is 3.51. The third-order valence-electron chi connectivity index (χ3n) is 2.05. The van der Waals surface area contributed by atoms with Crippen LogP contribution in [0.3, 0.4) is 0 Å². The van der Waals surface area contributed by atoms with E-state index in [1.807, 2.05) is 0 Å². The minimum absolute atomic E-state index is 0.747. The van der Waals surface area contributed by atoms with E-state index in [-0.39, 0.29) is 0 Å². The van der Waals surface area contributed by atoms with Crippen LogP contribution in [0.1, 0.15) is 0 Å². The Morgan fingerprint density at radius 2 is 1.83 bits per heavy atom. The van der Waals surface area contributed by atoms with Gasteiger partial charge in [0.25, 0.3) is 0 Å². The van der Waals surface area contributed by atoms with E-state index < -0.39 is 36.7 Å². The summed E-state index contributed by atoms with van der Waals surface area (Å²) < 4.78 is 9.15. The lowest BCUT2D eigenvalue weighted by molar-refractivity contribution is -0.242. The van der Waals surface area contributed by atoms with E-state index in [0.29, 0.717) is 0 Å². The predicted molar refractivity (Wildman–Crippen MR) is 32.8 cm³/mol. The second-order valence-electron chi connectivity index (χ2n) is 2.83. The highest BCUT2D eigenvalue weighted by Crippen LogP contribution is 2.29. The molecule has 0 aromatic rings. The highest BCUT2D eigenvalue weighted by atomic mass is 16.7. The zero-order valence-electron chi connectivity index (χ0n) is 5.95. The maximum Gasteiger partial charge on any atom is 0.338 e. The maximum absolute atomic E-state index is 10.8. The van der Waals surface area contributed by atoms with Gasteiger partial charge in [-0.15, -0.1) is 0 Å². The first-order chi connectivity index (χ1) is 5.61. The number of fused-ring (bicyclic) bond motifs is 2. The molecule has 5 atom stereocenters. The molecule has 2 aliphatic rings. The zero-order chi connectivity index (χ0) is 8.88. The molecule has 0 radical (unpaired) electrons. The molecule has 2 heterocycles. The Morgan fingerprint density at radius 1 is 1.17 bits per heavy atom. The first-order valence-corrected chi connectivity index (χ1v) is 3.51. The van der Waals surface area contributed by atoms with Crippen molar-refractivity contribution in [3.8, 4) is 0 Å². The second kappa shape index (κ2) is 2.40. The molecule has 1 unspecified atom stereocenters. The van der Waals surface area contributed by atoms with Gasteiger partial charge in [-0.1, -0.05) is 0 Å². The van der Waals surface area contributed by atoms with Gasteiger partial charge in [-0.05, 0) is 0 Å². The van der Waals surface area contributed by atoms with Crippen molar-refractivity contribution in [2.24, 2.45) is 0 Å². The van der Waals surface area contributed by atoms with Gasteiger partial charge in [0, 0.05) is 0 Å². The van der Waals surface area contributed by atoms with E-state index in [4.69, 9.17) is 10.2 Å². The Hall–Kier alpha value is -0.690. The molecule has 12 heavy (non-hydrogen) atoms. The molecule has 2 rings (SSSR count). The summed E-state index contributed by atoms with van der Waals surface area (Å²) in [6.07, 6.45) is -6.24. The van der Waals surface area contributed by atoms with Crippen LogP contribution in [0.4, 0.5) is 0 Å². The molecule has 0 aliphatic carbocycles. The van der Waals surface area contributed by atoms with E-state index in [1.165, 1.54) is 0 Å². The van der Waals surface area contributed by atoms with Crippen LogP contribution >= 0.6 is 0 Å². The third kappa shape index (κ3) is 0.862. The van der Waals surface area contributed by atoms with Gasteiger partial charge < -0.3 is 24.8 Å². The largest absolute Gasteiger partial charge is 0.454 e. The van der Waals surface area contributed by atoms with E-state index >= 15 is 0 Å². The second-order valence-corrected chi connectivity index (χ2v) is 2.83. The molecule has 2 fully saturated rings. The van der Waals surface area contributed by atoms with Crippen LogP contribution in [0.25, 0.3) is 0 Å². The molecule has 68 valence electrons. The van der Waals surface area contributed by atoms with E-state index in [1.54, 1.807) is 0 Å². The summed E-state index contributed by atoms with van der Waals surface area (Å²) in [5, 5.41) is 27.3. The summed E-state index contributed by atoms with van der Waals surface area (Å²) in [7, 11) is 0. The number of esters is 1. The standard InChI is InChI=1S/C6H8O6/c7-1-3-2(8)5(9)12-4(1)6(10)11-3/h1-5,7-9H/t1-,2-,3+,4+,5?/m1/s1. The quantitative estimate of drug-likeness (QED) is 0.349. The smallest absolute Gasteiger partial charge is 0.338 e. The van der Waals surface area contributed by atoms with Crippen molar-refractivity contribution in [1.29, 1.82) is 0 Å². The fraction of sp³-hybridized carbons (Fsp3) is 0.833. The van der Waals surface area contributed by atoms with Gasteiger partial charge in [0.05, 0.1) is 0 Å². The lowest BCUT2D eigenvalue weighted by Gasteiger charge is -2.30. The Kier molecular flexibility index (Phi) is 1.58. The van der Waals surface area contributed by atoms with Crippen LogP contribution in [0, 0.1) is 0 Å². The molecule has 3 N–H and O–H groups in total. The lowest BCUT2D eigenvalue weighted by atomic mass is 10.0. The molecule has 0 spiro atoms. The summed E-state index contributed by atoms with van der Waals surface area (Å²) in [6.45, 7) is 0. The van der Waals surface area contributed by atoms with Crippen LogP contribution in [0.2, 0.25) is 0 Å². The molecule has 6 heteroatoms. The Labute approximate surface area is 67.3 Å². The molecule has 0 saturated carbocycles. The molecule has 2 bridgehead atoms. The van der Waals surface area contributed by atoms with Gasteiger partial charge >= 0.3 is 5.97 Å². The summed E-state index contributed by atoms with van der Waals surface area (Å²) in [5.41, 5.74) is 0. The van der Waals surface area contributed by atoms with Gasteiger partial charge in [-0.2, -0.15) is 0 Å². The normalized spacial score (nSPS) is 52.2. The average Bonchev–Trinajstić information content (AvgIpc) is 2.23. The number of aliphatic hydroxyl groups is 3. The van der Waals surface area contributed by atoms with Crippen molar-refractivity contribution in [1.82, 2.24) is 0 Å². The van der Waals surface area contributed by atoms with Crippen molar-refractivity contribution < 1.29 is 29.6 Å². The van der Waals surface area contributed by atoms with Crippen LogP contribution in [0.5, 0.6) is 0 Å². The molecule has 0 aromatic heterocycles. The number of carbonyl (C=O) groups excluding carboxylic acids is 1. The average molecular weight is 176 g/mol. The zero-order valence-corrected chi connectivity index (χ0v) is 5.95. The van der Waals surface area contributed by atoms with Crippen LogP contribution in [-0.4, -0.2) is 52.0 Å². The molecule has 6 nitrogen and oxygen atoms in total.